The Hall–Kier alpha value is -3.14. The van der Waals surface area contributed by atoms with Gasteiger partial charge in [0.15, 0.2) is 11.6 Å². The van der Waals surface area contributed by atoms with Gasteiger partial charge in [-0.25, -0.2) is 9.37 Å². The first kappa shape index (κ1) is 23.0. The Labute approximate surface area is 195 Å². The van der Waals surface area contributed by atoms with Gasteiger partial charge in [0.05, 0.1) is 11.6 Å². The van der Waals surface area contributed by atoms with Crippen LogP contribution in [0.25, 0.3) is 0 Å². The molecule has 0 unspecified atom stereocenters. The molecule has 0 bridgehead atoms. The van der Waals surface area contributed by atoms with E-state index >= 15 is 0 Å². The molecule has 0 amide bonds. The summed E-state index contributed by atoms with van der Waals surface area (Å²) < 4.78 is 36.0. The van der Waals surface area contributed by atoms with Crippen molar-refractivity contribution in [3.8, 4) is 11.6 Å². The van der Waals surface area contributed by atoms with Crippen LogP contribution in [0.3, 0.4) is 0 Å². The zero-order valence-electron chi connectivity index (χ0n) is 18.2. The van der Waals surface area contributed by atoms with Gasteiger partial charge in [-0.1, -0.05) is 23.7 Å². The van der Waals surface area contributed by atoms with E-state index < -0.39 is 5.79 Å². The summed E-state index contributed by atoms with van der Waals surface area (Å²) in [6.07, 6.45) is 1.13. The highest BCUT2D eigenvalue weighted by molar-refractivity contribution is 6.32. The van der Waals surface area contributed by atoms with Gasteiger partial charge in [-0.2, -0.15) is 4.98 Å². The number of hydrogen-bond donors (Lipinski definition) is 2. The highest BCUT2D eigenvalue weighted by Gasteiger charge is 2.33. The topological polar surface area (TPSA) is 101 Å². The van der Waals surface area contributed by atoms with Crippen LogP contribution in [0.1, 0.15) is 19.4 Å². The summed E-state index contributed by atoms with van der Waals surface area (Å²) in [6, 6.07) is 11.3. The van der Waals surface area contributed by atoms with E-state index in [2.05, 4.69) is 15.3 Å². The number of anilines is 3. The molecule has 0 saturated carbocycles. The van der Waals surface area contributed by atoms with Crippen molar-refractivity contribution in [2.24, 2.45) is 0 Å². The van der Waals surface area contributed by atoms with Gasteiger partial charge in [0.25, 0.3) is 0 Å². The smallest absolute Gasteiger partial charge is 0.242 e. The number of ether oxygens (including phenoxy) is 4. The lowest BCUT2D eigenvalue weighted by atomic mass is 10.2. The highest BCUT2D eigenvalue weighted by Crippen LogP contribution is 2.32. The van der Waals surface area contributed by atoms with Crippen LogP contribution < -0.4 is 20.5 Å². The summed E-state index contributed by atoms with van der Waals surface area (Å²) in [5.74, 6) is 0.119. The molecule has 1 aliphatic rings. The van der Waals surface area contributed by atoms with Crippen molar-refractivity contribution in [3.63, 3.8) is 0 Å². The van der Waals surface area contributed by atoms with Crippen LogP contribution in [0.5, 0.6) is 11.6 Å². The lowest BCUT2D eigenvalue weighted by Gasteiger charge is -2.17. The van der Waals surface area contributed by atoms with Crippen molar-refractivity contribution in [1.29, 1.82) is 0 Å². The molecule has 33 heavy (non-hydrogen) atoms. The van der Waals surface area contributed by atoms with E-state index in [9.17, 15) is 4.39 Å². The van der Waals surface area contributed by atoms with Crippen molar-refractivity contribution in [3.05, 3.63) is 65.2 Å². The summed E-state index contributed by atoms with van der Waals surface area (Å²) in [6.45, 7) is 4.55. The summed E-state index contributed by atoms with van der Waals surface area (Å²) in [5.41, 5.74) is 7.78. The van der Waals surface area contributed by atoms with Crippen molar-refractivity contribution in [2.45, 2.75) is 32.3 Å². The van der Waals surface area contributed by atoms with Gasteiger partial charge in [0.1, 0.15) is 42.9 Å². The molecule has 1 saturated heterocycles. The Kier molecular flexibility index (Phi) is 6.83. The van der Waals surface area contributed by atoms with E-state index in [1.54, 1.807) is 30.3 Å². The zero-order valence-corrected chi connectivity index (χ0v) is 18.9. The second kappa shape index (κ2) is 9.78. The average molecular weight is 475 g/mol. The lowest BCUT2D eigenvalue weighted by molar-refractivity contribution is -0.141. The van der Waals surface area contributed by atoms with Gasteiger partial charge in [0.2, 0.25) is 5.88 Å². The van der Waals surface area contributed by atoms with Crippen molar-refractivity contribution < 1.29 is 23.3 Å². The molecule has 3 aromatic rings. The number of nitrogens with two attached hydrogens (primary N) is 1. The molecule has 2 heterocycles. The zero-order chi connectivity index (χ0) is 23.4. The van der Waals surface area contributed by atoms with E-state index in [1.807, 2.05) is 13.8 Å². The van der Waals surface area contributed by atoms with Gasteiger partial charge in [0, 0.05) is 5.69 Å². The Morgan fingerprint density at radius 2 is 2.06 bits per heavy atom. The van der Waals surface area contributed by atoms with E-state index in [1.165, 1.54) is 18.5 Å². The monoisotopic (exact) mass is 474 g/mol. The van der Waals surface area contributed by atoms with Gasteiger partial charge in [-0.3, -0.25) is 0 Å². The standard InChI is InChI=1S/C23H24ClFN4O4/c1-23(2)32-12-17(33-23)11-31-22-20(26)21(27-13-28-22)29-16-6-7-19(18(24)9-16)30-10-14-4-3-5-15(25)8-14/h3-9,13,17H,10-12,26H2,1-2H3,(H,27,28,29)/t17-/m0/s1. The third-order valence-electron chi connectivity index (χ3n) is 4.80. The predicted molar refractivity (Wildman–Crippen MR) is 122 cm³/mol. The van der Waals surface area contributed by atoms with Crippen LogP contribution in [0.2, 0.25) is 5.02 Å². The molecule has 0 radical (unpaired) electrons. The minimum Gasteiger partial charge on any atom is -0.487 e. The molecule has 1 fully saturated rings. The molecule has 4 rings (SSSR count). The van der Waals surface area contributed by atoms with Crippen molar-refractivity contribution in [1.82, 2.24) is 9.97 Å². The predicted octanol–water partition coefficient (Wildman–Crippen LogP) is 4.70. The fraction of sp³-hybridized carbons (Fsp3) is 0.304. The minimum absolute atomic E-state index is 0.191. The first-order chi connectivity index (χ1) is 15.8. The summed E-state index contributed by atoms with van der Waals surface area (Å²) >= 11 is 6.36. The maximum absolute atomic E-state index is 13.3. The molecular formula is C23H24ClFN4O4. The van der Waals surface area contributed by atoms with Crippen LogP contribution in [0.15, 0.2) is 48.8 Å². The number of nitrogen functional groups attached to an aromatic ring is 1. The number of nitrogens with one attached hydrogen (secondary N) is 1. The summed E-state index contributed by atoms with van der Waals surface area (Å²) in [5, 5.41) is 3.48. The quantitative estimate of drug-likeness (QED) is 0.484. The third kappa shape index (κ3) is 6.01. The van der Waals surface area contributed by atoms with Gasteiger partial charge in [-0.05, 0) is 49.7 Å². The minimum atomic E-state index is -0.635. The molecule has 8 nitrogen and oxygen atoms in total. The number of aromatic nitrogens is 2. The summed E-state index contributed by atoms with van der Waals surface area (Å²) in [4.78, 5) is 8.28. The second-order valence-electron chi connectivity index (χ2n) is 7.89. The van der Waals surface area contributed by atoms with E-state index in [4.69, 9.17) is 36.3 Å². The molecule has 3 N–H and O–H groups in total. The van der Waals surface area contributed by atoms with Gasteiger partial charge in [-0.15, -0.1) is 0 Å². The largest absolute Gasteiger partial charge is 0.487 e. The van der Waals surface area contributed by atoms with Crippen molar-refractivity contribution in [2.75, 3.05) is 24.3 Å². The molecule has 0 aliphatic carbocycles. The maximum atomic E-state index is 13.3. The first-order valence-corrected chi connectivity index (χ1v) is 10.7. The van der Waals surface area contributed by atoms with E-state index in [0.29, 0.717) is 34.4 Å². The molecule has 1 atom stereocenters. The fourth-order valence-corrected chi connectivity index (χ4v) is 3.47. The maximum Gasteiger partial charge on any atom is 0.242 e. The van der Waals surface area contributed by atoms with E-state index in [-0.39, 0.29) is 36.7 Å². The average Bonchev–Trinajstić information content (AvgIpc) is 3.12. The van der Waals surface area contributed by atoms with Gasteiger partial charge < -0.3 is 30.0 Å². The summed E-state index contributed by atoms with van der Waals surface area (Å²) in [7, 11) is 0. The second-order valence-corrected chi connectivity index (χ2v) is 8.30. The van der Waals surface area contributed by atoms with Crippen LogP contribution in [0.4, 0.5) is 21.6 Å². The Morgan fingerprint density at radius 3 is 2.79 bits per heavy atom. The normalized spacial score (nSPS) is 17.0. The number of rotatable bonds is 8. The van der Waals surface area contributed by atoms with Crippen LogP contribution >= 0.6 is 11.6 Å². The Bertz CT molecular complexity index is 1130. The third-order valence-corrected chi connectivity index (χ3v) is 5.09. The van der Waals surface area contributed by atoms with Crippen LogP contribution in [-0.2, 0) is 16.1 Å². The number of hydrogen-bond acceptors (Lipinski definition) is 8. The SMILES string of the molecule is CC1(C)OC[C@H](COc2ncnc(Nc3ccc(OCc4cccc(F)c4)c(Cl)c3)c2N)O1. The fourth-order valence-electron chi connectivity index (χ4n) is 3.23. The number of nitrogens with zero attached hydrogens (tertiary/aromatic N) is 2. The Morgan fingerprint density at radius 1 is 1.21 bits per heavy atom. The molecule has 1 aliphatic heterocycles. The molecule has 1 aromatic heterocycles. The van der Waals surface area contributed by atoms with Crippen LogP contribution in [0, 0.1) is 5.82 Å². The van der Waals surface area contributed by atoms with Crippen LogP contribution in [-0.4, -0.2) is 35.1 Å². The van der Waals surface area contributed by atoms with Gasteiger partial charge >= 0.3 is 0 Å². The van der Waals surface area contributed by atoms with E-state index in [0.717, 1.165) is 0 Å². The molecule has 174 valence electrons. The lowest BCUT2D eigenvalue weighted by Crippen LogP contribution is -2.25. The first-order valence-electron chi connectivity index (χ1n) is 10.3. The molecule has 2 aromatic carbocycles. The number of halogens is 2. The highest BCUT2D eigenvalue weighted by atomic mass is 35.5. The Balaban J connectivity index is 1.38. The number of benzene rings is 2. The molecule has 0 spiro atoms. The van der Waals surface area contributed by atoms with Crippen molar-refractivity contribution >= 4 is 28.8 Å². The molecular weight excluding hydrogens is 451 g/mol. The molecule has 10 heteroatoms.